The summed E-state index contributed by atoms with van der Waals surface area (Å²) in [5.41, 5.74) is 0. The van der Waals surface area contributed by atoms with Gasteiger partial charge in [-0.2, -0.15) is 0 Å². The molecule has 1 aliphatic carbocycles. The molecule has 0 aromatic rings. The van der Waals surface area contributed by atoms with Crippen LogP contribution in [0.25, 0.3) is 0 Å². The van der Waals surface area contributed by atoms with Gasteiger partial charge in [0, 0.05) is 12.8 Å². The van der Waals surface area contributed by atoms with E-state index >= 15 is 0 Å². The first kappa shape index (κ1) is 9.03. The molecular weight excluding hydrogens is 160 g/mol. The molecule has 4 heteroatoms. The zero-order valence-electron chi connectivity index (χ0n) is 7.20. The van der Waals surface area contributed by atoms with Gasteiger partial charge in [0.25, 0.3) is 0 Å². The van der Waals surface area contributed by atoms with Crippen LogP contribution >= 0.6 is 0 Å². The highest BCUT2D eigenvalue weighted by molar-refractivity contribution is 5.77. The molecule has 2 unspecified atom stereocenters. The van der Waals surface area contributed by atoms with Crippen LogP contribution in [0.2, 0.25) is 0 Å². The summed E-state index contributed by atoms with van der Waals surface area (Å²) in [6, 6.07) is 0. The molecule has 2 atom stereocenters. The van der Waals surface area contributed by atoms with Gasteiger partial charge in [-0.25, -0.2) is 0 Å². The highest BCUT2D eigenvalue weighted by Gasteiger charge is 2.47. The molecular formula is C8H12O4. The normalized spacial score (nSPS) is 26.2. The molecule has 0 spiro atoms. The van der Waals surface area contributed by atoms with E-state index in [2.05, 4.69) is 4.74 Å². The predicted octanol–water partition coefficient (Wildman–Crippen LogP) is 0.501. The Kier molecular flexibility index (Phi) is 2.68. The summed E-state index contributed by atoms with van der Waals surface area (Å²) in [5.74, 6) is -0.763. The minimum atomic E-state index is -0.288. The monoisotopic (exact) mass is 172 g/mol. The van der Waals surface area contributed by atoms with Crippen LogP contribution in [-0.4, -0.2) is 25.2 Å². The molecule has 1 saturated carbocycles. The molecule has 1 fully saturated rings. The van der Waals surface area contributed by atoms with Gasteiger partial charge in [-0.15, -0.1) is 0 Å². The maximum atomic E-state index is 10.8. The van der Waals surface area contributed by atoms with Crippen molar-refractivity contribution in [3.63, 3.8) is 0 Å². The number of rotatable bonds is 3. The summed E-state index contributed by atoms with van der Waals surface area (Å²) in [4.78, 5) is 21.6. The van der Waals surface area contributed by atoms with Crippen molar-refractivity contribution in [3.05, 3.63) is 0 Å². The van der Waals surface area contributed by atoms with Crippen molar-refractivity contribution < 1.29 is 19.1 Å². The standard InChI is InChI=1S/C8H12O4/c1-3-7(9)12-6-4-5(6)8(10)11-2/h5-6H,3-4H2,1-2H3. The Hall–Kier alpha value is -1.06. The topological polar surface area (TPSA) is 52.6 Å². The zero-order chi connectivity index (χ0) is 9.14. The molecule has 0 saturated heterocycles. The SMILES string of the molecule is CCC(=O)OC1CC1C(=O)OC. The van der Waals surface area contributed by atoms with Crippen LogP contribution in [0.15, 0.2) is 0 Å². The zero-order valence-corrected chi connectivity index (χ0v) is 7.20. The van der Waals surface area contributed by atoms with Crippen LogP contribution < -0.4 is 0 Å². The van der Waals surface area contributed by atoms with Crippen molar-refractivity contribution in [1.82, 2.24) is 0 Å². The molecule has 12 heavy (non-hydrogen) atoms. The van der Waals surface area contributed by atoms with Crippen molar-refractivity contribution in [2.75, 3.05) is 7.11 Å². The second-order valence-electron chi connectivity index (χ2n) is 2.75. The molecule has 0 N–H and O–H groups in total. The van der Waals surface area contributed by atoms with Crippen LogP contribution in [0, 0.1) is 5.92 Å². The molecule has 0 radical (unpaired) electrons. The maximum Gasteiger partial charge on any atom is 0.312 e. The summed E-state index contributed by atoms with van der Waals surface area (Å²) < 4.78 is 9.40. The molecule has 0 aromatic heterocycles. The average molecular weight is 172 g/mol. The Morgan fingerprint density at radius 1 is 1.50 bits per heavy atom. The van der Waals surface area contributed by atoms with Crippen molar-refractivity contribution in [1.29, 1.82) is 0 Å². The fourth-order valence-electron chi connectivity index (χ4n) is 0.954. The summed E-state index contributed by atoms with van der Waals surface area (Å²) in [7, 11) is 1.33. The second-order valence-corrected chi connectivity index (χ2v) is 2.75. The lowest BCUT2D eigenvalue weighted by atomic mass is 10.4. The highest BCUT2D eigenvalue weighted by atomic mass is 16.6. The smallest absolute Gasteiger partial charge is 0.312 e. The van der Waals surface area contributed by atoms with E-state index in [-0.39, 0.29) is 24.0 Å². The van der Waals surface area contributed by atoms with Crippen molar-refractivity contribution in [2.24, 2.45) is 5.92 Å². The van der Waals surface area contributed by atoms with Crippen molar-refractivity contribution in [2.45, 2.75) is 25.9 Å². The van der Waals surface area contributed by atoms with Gasteiger partial charge in [0.15, 0.2) is 0 Å². The highest BCUT2D eigenvalue weighted by Crippen LogP contribution is 2.34. The number of carbonyl (C=O) groups is 2. The van der Waals surface area contributed by atoms with Crippen LogP contribution in [0.4, 0.5) is 0 Å². The summed E-state index contributed by atoms with van der Waals surface area (Å²) in [5, 5.41) is 0. The number of hydrogen-bond acceptors (Lipinski definition) is 4. The van der Waals surface area contributed by atoms with Gasteiger partial charge in [0.1, 0.15) is 6.10 Å². The molecule has 4 nitrogen and oxygen atoms in total. The number of ether oxygens (including phenoxy) is 2. The lowest BCUT2D eigenvalue weighted by Crippen LogP contribution is -2.11. The van der Waals surface area contributed by atoms with Crippen LogP contribution in [0.3, 0.4) is 0 Å². The Bertz CT molecular complexity index is 199. The third kappa shape index (κ3) is 1.96. The third-order valence-electron chi connectivity index (χ3n) is 1.81. The molecule has 1 rings (SSSR count). The number of methoxy groups -OCH3 is 1. The molecule has 68 valence electrons. The van der Waals surface area contributed by atoms with E-state index in [9.17, 15) is 9.59 Å². The maximum absolute atomic E-state index is 10.8. The number of esters is 2. The van der Waals surface area contributed by atoms with E-state index in [4.69, 9.17) is 4.74 Å². The third-order valence-corrected chi connectivity index (χ3v) is 1.81. The van der Waals surface area contributed by atoms with Gasteiger partial charge in [0.2, 0.25) is 0 Å². The van der Waals surface area contributed by atoms with Gasteiger partial charge in [0.05, 0.1) is 13.0 Å². The molecule has 0 amide bonds. The summed E-state index contributed by atoms with van der Waals surface area (Å²) in [6.45, 7) is 1.72. The van der Waals surface area contributed by atoms with E-state index in [0.717, 1.165) is 0 Å². The van der Waals surface area contributed by atoms with Gasteiger partial charge in [-0.1, -0.05) is 6.92 Å². The first-order chi connectivity index (χ1) is 5.69. The largest absolute Gasteiger partial charge is 0.469 e. The van der Waals surface area contributed by atoms with Crippen LogP contribution in [-0.2, 0) is 19.1 Å². The van der Waals surface area contributed by atoms with Gasteiger partial charge in [-0.3, -0.25) is 9.59 Å². The molecule has 1 aliphatic rings. The number of carbonyl (C=O) groups excluding carboxylic acids is 2. The summed E-state index contributed by atoms with van der Waals surface area (Å²) in [6.07, 6.45) is 0.730. The molecule has 0 aliphatic heterocycles. The minimum Gasteiger partial charge on any atom is -0.469 e. The Morgan fingerprint density at radius 3 is 2.67 bits per heavy atom. The van der Waals surface area contributed by atoms with E-state index in [1.165, 1.54) is 7.11 Å². The predicted molar refractivity (Wildman–Crippen MR) is 40.3 cm³/mol. The Morgan fingerprint density at radius 2 is 2.17 bits per heavy atom. The van der Waals surface area contributed by atoms with Gasteiger partial charge >= 0.3 is 11.9 Å². The quantitative estimate of drug-likeness (QED) is 0.582. The van der Waals surface area contributed by atoms with Crippen molar-refractivity contribution >= 4 is 11.9 Å². The van der Waals surface area contributed by atoms with E-state index in [1.54, 1.807) is 6.92 Å². The van der Waals surface area contributed by atoms with E-state index in [0.29, 0.717) is 12.8 Å². The van der Waals surface area contributed by atoms with Crippen molar-refractivity contribution in [3.8, 4) is 0 Å². The second kappa shape index (κ2) is 3.56. The summed E-state index contributed by atoms with van der Waals surface area (Å²) >= 11 is 0. The van der Waals surface area contributed by atoms with Gasteiger partial charge in [-0.05, 0) is 0 Å². The van der Waals surface area contributed by atoms with Crippen LogP contribution in [0.1, 0.15) is 19.8 Å². The van der Waals surface area contributed by atoms with Crippen LogP contribution in [0.5, 0.6) is 0 Å². The van der Waals surface area contributed by atoms with Gasteiger partial charge < -0.3 is 9.47 Å². The van der Waals surface area contributed by atoms with E-state index in [1.807, 2.05) is 0 Å². The Labute approximate surface area is 70.8 Å². The van der Waals surface area contributed by atoms with E-state index < -0.39 is 0 Å². The molecule has 0 heterocycles. The average Bonchev–Trinajstić information content (AvgIpc) is 2.82. The molecule has 0 bridgehead atoms. The Balaban J connectivity index is 2.24. The first-order valence-electron chi connectivity index (χ1n) is 3.96. The molecule has 0 aromatic carbocycles. The fraction of sp³-hybridized carbons (Fsp3) is 0.750. The fourth-order valence-corrected chi connectivity index (χ4v) is 0.954. The lowest BCUT2D eigenvalue weighted by molar-refractivity contribution is -0.148. The number of hydrogen-bond donors (Lipinski definition) is 0. The minimum absolute atomic E-state index is 0.217. The lowest BCUT2D eigenvalue weighted by Gasteiger charge is -2.00. The first-order valence-corrected chi connectivity index (χ1v) is 3.96.